The van der Waals surface area contributed by atoms with Gasteiger partial charge in [-0.25, -0.2) is 0 Å². The van der Waals surface area contributed by atoms with E-state index in [1.165, 1.54) is 0 Å². The zero-order valence-electron chi connectivity index (χ0n) is 10.1. The van der Waals surface area contributed by atoms with Crippen LogP contribution >= 0.6 is 0 Å². The van der Waals surface area contributed by atoms with Crippen LogP contribution in [0, 0.1) is 0 Å². The lowest BCUT2D eigenvalue weighted by Crippen LogP contribution is -1.99. The van der Waals surface area contributed by atoms with Gasteiger partial charge < -0.3 is 4.74 Å². The molecule has 0 saturated carbocycles. The number of benzene rings is 2. The largest absolute Gasteiger partial charge is 0.432 e. The summed E-state index contributed by atoms with van der Waals surface area (Å²) in [6.45, 7) is 0. The fourth-order valence-corrected chi connectivity index (χ4v) is 1.81. The van der Waals surface area contributed by atoms with Crippen LogP contribution in [0.5, 0.6) is 0 Å². The SMILES string of the molecule is O=C1N=C(c2ccccc2)O/C1=C\c1ccccc1. The number of ether oxygens (including phenoxy) is 1. The van der Waals surface area contributed by atoms with E-state index in [9.17, 15) is 4.79 Å². The van der Waals surface area contributed by atoms with E-state index in [0.717, 1.165) is 11.1 Å². The molecule has 0 aliphatic carbocycles. The van der Waals surface area contributed by atoms with Crippen LogP contribution in [0.15, 0.2) is 71.4 Å². The maximum absolute atomic E-state index is 11.8. The van der Waals surface area contributed by atoms with Crippen molar-refractivity contribution in [3.05, 3.63) is 77.5 Å². The molecule has 92 valence electrons. The van der Waals surface area contributed by atoms with Gasteiger partial charge in [0.2, 0.25) is 5.90 Å². The van der Waals surface area contributed by atoms with Crippen molar-refractivity contribution in [2.24, 2.45) is 4.99 Å². The zero-order chi connectivity index (χ0) is 13.1. The van der Waals surface area contributed by atoms with E-state index in [1.54, 1.807) is 6.08 Å². The monoisotopic (exact) mass is 249 g/mol. The summed E-state index contributed by atoms with van der Waals surface area (Å²) in [5.41, 5.74) is 1.71. The van der Waals surface area contributed by atoms with E-state index in [4.69, 9.17) is 4.74 Å². The third kappa shape index (κ3) is 2.45. The minimum Gasteiger partial charge on any atom is -0.432 e. The van der Waals surface area contributed by atoms with E-state index < -0.39 is 0 Å². The quantitative estimate of drug-likeness (QED) is 0.767. The van der Waals surface area contributed by atoms with E-state index in [1.807, 2.05) is 60.7 Å². The molecule has 1 amide bonds. The van der Waals surface area contributed by atoms with Gasteiger partial charge in [-0.1, -0.05) is 48.5 Å². The Morgan fingerprint density at radius 3 is 2.21 bits per heavy atom. The number of hydrogen-bond donors (Lipinski definition) is 0. The van der Waals surface area contributed by atoms with Crippen molar-refractivity contribution in [1.29, 1.82) is 0 Å². The maximum atomic E-state index is 11.8. The predicted molar refractivity (Wildman–Crippen MR) is 73.5 cm³/mol. The second kappa shape index (κ2) is 4.90. The molecule has 1 aliphatic rings. The van der Waals surface area contributed by atoms with Crippen molar-refractivity contribution in [3.63, 3.8) is 0 Å². The Kier molecular flexibility index (Phi) is 2.94. The standard InChI is InChI=1S/C16H11NO2/c18-15-14(11-12-7-3-1-4-8-12)19-16(17-15)13-9-5-2-6-10-13/h1-11H/b14-11-. The highest BCUT2D eigenvalue weighted by Crippen LogP contribution is 2.18. The van der Waals surface area contributed by atoms with E-state index in [2.05, 4.69) is 4.99 Å². The Hall–Kier alpha value is -2.68. The van der Waals surface area contributed by atoms with Crippen molar-refractivity contribution >= 4 is 17.9 Å². The highest BCUT2D eigenvalue weighted by atomic mass is 16.5. The molecule has 1 aliphatic heterocycles. The molecular formula is C16H11NO2. The Morgan fingerprint density at radius 2 is 1.53 bits per heavy atom. The van der Waals surface area contributed by atoms with Crippen molar-refractivity contribution in [2.75, 3.05) is 0 Å². The molecule has 0 spiro atoms. The zero-order valence-corrected chi connectivity index (χ0v) is 10.1. The average molecular weight is 249 g/mol. The minimum atomic E-state index is -0.345. The lowest BCUT2D eigenvalue weighted by Gasteiger charge is -2.01. The van der Waals surface area contributed by atoms with E-state index in [-0.39, 0.29) is 11.7 Å². The molecule has 0 N–H and O–H groups in total. The molecule has 2 aromatic rings. The highest BCUT2D eigenvalue weighted by Gasteiger charge is 2.23. The summed E-state index contributed by atoms with van der Waals surface area (Å²) < 4.78 is 5.53. The molecular weight excluding hydrogens is 238 g/mol. The highest BCUT2D eigenvalue weighted by molar-refractivity contribution is 6.14. The first-order valence-corrected chi connectivity index (χ1v) is 5.96. The second-order valence-electron chi connectivity index (χ2n) is 4.11. The molecule has 0 aromatic heterocycles. The van der Waals surface area contributed by atoms with Gasteiger partial charge >= 0.3 is 5.91 Å². The van der Waals surface area contributed by atoms with Crippen LogP contribution in [0.2, 0.25) is 0 Å². The van der Waals surface area contributed by atoms with Crippen LogP contribution in [0.4, 0.5) is 0 Å². The number of carbonyl (C=O) groups is 1. The Morgan fingerprint density at radius 1 is 0.895 bits per heavy atom. The molecule has 3 rings (SSSR count). The van der Waals surface area contributed by atoms with Gasteiger partial charge in [0.1, 0.15) is 0 Å². The van der Waals surface area contributed by atoms with Crippen molar-refractivity contribution in [3.8, 4) is 0 Å². The van der Waals surface area contributed by atoms with Crippen molar-refractivity contribution in [1.82, 2.24) is 0 Å². The molecule has 19 heavy (non-hydrogen) atoms. The van der Waals surface area contributed by atoms with Crippen LogP contribution in [0.1, 0.15) is 11.1 Å². The summed E-state index contributed by atoms with van der Waals surface area (Å²) in [5, 5.41) is 0. The van der Waals surface area contributed by atoms with Crippen LogP contribution in [-0.2, 0) is 9.53 Å². The van der Waals surface area contributed by atoms with Gasteiger partial charge in [-0.05, 0) is 23.8 Å². The number of rotatable bonds is 2. The van der Waals surface area contributed by atoms with Crippen molar-refractivity contribution in [2.45, 2.75) is 0 Å². The fraction of sp³-hybridized carbons (Fsp3) is 0. The second-order valence-corrected chi connectivity index (χ2v) is 4.11. The number of hydrogen-bond acceptors (Lipinski definition) is 2. The first kappa shape index (κ1) is 11.4. The normalized spacial score (nSPS) is 16.3. The predicted octanol–water partition coefficient (Wildman–Crippen LogP) is 3.03. The molecule has 3 heteroatoms. The van der Waals surface area contributed by atoms with Crippen LogP contribution in [0.25, 0.3) is 6.08 Å². The summed E-state index contributed by atoms with van der Waals surface area (Å²) >= 11 is 0. The molecule has 0 saturated heterocycles. The molecule has 0 fully saturated rings. The summed E-state index contributed by atoms with van der Waals surface area (Å²) in [6, 6.07) is 18.9. The fourth-order valence-electron chi connectivity index (χ4n) is 1.81. The van der Waals surface area contributed by atoms with Gasteiger partial charge in [0.25, 0.3) is 0 Å². The van der Waals surface area contributed by atoms with Gasteiger partial charge in [0, 0.05) is 5.56 Å². The summed E-state index contributed by atoms with van der Waals surface area (Å²) in [6.07, 6.45) is 1.70. The Labute approximate surface area is 110 Å². The van der Waals surface area contributed by atoms with Gasteiger partial charge in [0.05, 0.1) is 0 Å². The number of nitrogens with zero attached hydrogens (tertiary/aromatic N) is 1. The Bertz CT molecular complexity index is 658. The molecule has 3 nitrogen and oxygen atoms in total. The minimum absolute atomic E-state index is 0.255. The summed E-state index contributed by atoms with van der Waals surface area (Å²) in [5.74, 6) is 0.264. The lowest BCUT2D eigenvalue weighted by atomic mass is 10.2. The van der Waals surface area contributed by atoms with Gasteiger partial charge in [0.15, 0.2) is 5.76 Å². The number of aliphatic imine (C=N–C) groups is 1. The topological polar surface area (TPSA) is 38.7 Å². The van der Waals surface area contributed by atoms with E-state index in [0.29, 0.717) is 5.90 Å². The number of carbonyl (C=O) groups excluding carboxylic acids is 1. The molecule has 0 bridgehead atoms. The molecule has 0 unspecified atom stereocenters. The lowest BCUT2D eigenvalue weighted by molar-refractivity contribution is -0.115. The smallest absolute Gasteiger partial charge is 0.316 e. The van der Waals surface area contributed by atoms with Crippen LogP contribution in [-0.4, -0.2) is 11.8 Å². The molecule has 1 heterocycles. The summed E-state index contributed by atoms with van der Waals surface area (Å²) in [4.78, 5) is 15.7. The molecule has 2 aromatic carbocycles. The van der Waals surface area contributed by atoms with Gasteiger partial charge in [-0.15, -0.1) is 0 Å². The van der Waals surface area contributed by atoms with Crippen LogP contribution < -0.4 is 0 Å². The van der Waals surface area contributed by atoms with Gasteiger partial charge in [-0.2, -0.15) is 4.99 Å². The van der Waals surface area contributed by atoms with Gasteiger partial charge in [-0.3, -0.25) is 4.79 Å². The van der Waals surface area contributed by atoms with Crippen LogP contribution in [0.3, 0.4) is 0 Å². The molecule has 0 radical (unpaired) electrons. The third-order valence-corrected chi connectivity index (χ3v) is 2.74. The maximum Gasteiger partial charge on any atom is 0.316 e. The number of amides is 1. The molecule has 0 atom stereocenters. The first-order valence-electron chi connectivity index (χ1n) is 5.96. The first-order chi connectivity index (χ1) is 9.33. The average Bonchev–Trinajstić information content (AvgIpc) is 2.82. The third-order valence-electron chi connectivity index (χ3n) is 2.74. The summed E-state index contributed by atoms with van der Waals surface area (Å²) in [7, 11) is 0. The van der Waals surface area contributed by atoms with Crippen molar-refractivity contribution < 1.29 is 9.53 Å². The Balaban J connectivity index is 1.87. The van der Waals surface area contributed by atoms with E-state index >= 15 is 0 Å².